The number of ether oxygens (including phenoxy) is 1. The molecule has 2 heterocycles. The molecule has 1 atom stereocenters. The maximum Gasteiger partial charge on any atom is 0.251 e. The smallest absolute Gasteiger partial charge is 0.251 e. The largest absolute Gasteiger partial charge is 0.379 e. The van der Waals surface area contributed by atoms with Crippen molar-refractivity contribution in [1.29, 1.82) is 0 Å². The molecule has 1 aromatic rings. The van der Waals surface area contributed by atoms with Crippen molar-refractivity contribution in [1.82, 2.24) is 14.9 Å². The Bertz CT molecular complexity index is 686. The second-order valence-electron chi connectivity index (χ2n) is 6.06. The Kier molecular flexibility index (Phi) is 7.21. The molecule has 1 amide bonds. The Morgan fingerprint density at radius 1 is 1.28 bits per heavy atom. The van der Waals surface area contributed by atoms with E-state index in [0.29, 0.717) is 31.9 Å². The molecule has 7 nitrogen and oxygen atoms in total. The monoisotopic (exact) mass is 389 g/mol. The predicted octanol–water partition coefficient (Wildman–Crippen LogP) is 0.611. The Hall–Kier alpha value is -1.19. The van der Waals surface area contributed by atoms with Crippen molar-refractivity contribution in [3.8, 4) is 0 Å². The molecule has 0 aromatic heterocycles. The fraction of sp³-hybridized carbons (Fsp3) is 0.562. The highest BCUT2D eigenvalue weighted by Gasteiger charge is 2.27. The highest BCUT2D eigenvalue weighted by molar-refractivity contribution is 7.89. The molecule has 2 N–H and O–H groups in total. The fourth-order valence-electron chi connectivity index (χ4n) is 2.98. The van der Waals surface area contributed by atoms with E-state index in [1.165, 1.54) is 16.4 Å². The normalized spacial score (nSPS) is 22.0. The Morgan fingerprint density at radius 3 is 2.72 bits per heavy atom. The molecule has 2 fully saturated rings. The number of carbonyl (C=O) groups excluding carboxylic acids is 1. The van der Waals surface area contributed by atoms with E-state index in [1.807, 2.05) is 0 Å². The van der Waals surface area contributed by atoms with Crippen LogP contribution in [0.15, 0.2) is 29.2 Å². The summed E-state index contributed by atoms with van der Waals surface area (Å²) in [5, 5.41) is 6.20. The maximum atomic E-state index is 12.7. The van der Waals surface area contributed by atoms with E-state index >= 15 is 0 Å². The second-order valence-corrected chi connectivity index (χ2v) is 8.00. The number of sulfonamides is 1. The number of hydrogen-bond donors (Lipinski definition) is 2. The van der Waals surface area contributed by atoms with E-state index in [4.69, 9.17) is 4.74 Å². The van der Waals surface area contributed by atoms with Gasteiger partial charge in [-0.15, -0.1) is 12.4 Å². The average Bonchev–Trinajstić information content (AvgIpc) is 2.63. The summed E-state index contributed by atoms with van der Waals surface area (Å²) in [5.74, 6) is -0.234. The van der Waals surface area contributed by atoms with Gasteiger partial charge in [-0.05, 0) is 37.6 Å². The predicted molar refractivity (Wildman–Crippen MR) is 96.6 cm³/mol. The van der Waals surface area contributed by atoms with Crippen LogP contribution in [0.3, 0.4) is 0 Å². The fourth-order valence-corrected chi connectivity index (χ4v) is 4.43. The van der Waals surface area contributed by atoms with Crippen LogP contribution < -0.4 is 10.6 Å². The van der Waals surface area contributed by atoms with Crippen molar-refractivity contribution < 1.29 is 17.9 Å². The molecule has 0 unspecified atom stereocenters. The van der Waals surface area contributed by atoms with Gasteiger partial charge < -0.3 is 15.4 Å². The number of amides is 1. The van der Waals surface area contributed by atoms with Gasteiger partial charge >= 0.3 is 0 Å². The van der Waals surface area contributed by atoms with Gasteiger partial charge in [-0.3, -0.25) is 4.79 Å². The summed E-state index contributed by atoms with van der Waals surface area (Å²) in [5.41, 5.74) is 0.370. The highest BCUT2D eigenvalue weighted by atomic mass is 35.5. The van der Waals surface area contributed by atoms with Crippen molar-refractivity contribution in [3.05, 3.63) is 29.8 Å². The molecular formula is C16H24ClN3O4S. The Balaban J connectivity index is 0.00000225. The number of benzene rings is 1. The number of carbonyl (C=O) groups is 1. The topological polar surface area (TPSA) is 87.7 Å². The van der Waals surface area contributed by atoms with Crippen LogP contribution in [0.25, 0.3) is 0 Å². The zero-order valence-electron chi connectivity index (χ0n) is 13.9. The standard InChI is InChI=1S/C16H23N3O4S.ClH/c20-16(18-14-4-2-6-17-12-14)13-3-1-5-15(11-13)24(21,22)19-7-9-23-10-8-19;/h1,3,5,11,14,17H,2,4,6-10,12H2,(H,18,20);1H/t14-;/m0./s1. The minimum Gasteiger partial charge on any atom is -0.379 e. The van der Waals surface area contributed by atoms with Crippen molar-refractivity contribution in [2.75, 3.05) is 39.4 Å². The van der Waals surface area contributed by atoms with Gasteiger partial charge in [0.2, 0.25) is 10.0 Å². The SMILES string of the molecule is Cl.O=C(N[C@H]1CCCNC1)c1cccc(S(=O)(=O)N2CCOCC2)c1. The summed E-state index contributed by atoms with van der Waals surface area (Å²) in [6.07, 6.45) is 1.96. The third kappa shape index (κ3) is 4.92. The van der Waals surface area contributed by atoms with Gasteiger partial charge in [0.05, 0.1) is 18.1 Å². The van der Waals surface area contributed by atoms with Gasteiger partial charge in [0.25, 0.3) is 5.91 Å². The van der Waals surface area contributed by atoms with Gasteiger partial charge in [0.1, 0.15) is 0 Å². The number of nitrogens with zero attached hydrogens (tertiary/aromatic N) is 1. The molecule has 9 heteroatoms. The zero-order chi connectivity index (χ0) is 17.0. The Labute approximate surface area is 154 Å². The molecule has 0 bridgehead atoms. The average molecular weight is 390 g/mol. The van der Waals surface area contributed by atoms with Gasteiger partial charge in [0.15, 0.2) is 0 Å². The lowest BCUT2D eigenvalue weighted by Crippen LogP contribution is -2.45. The number of rotatable bonds is 4. The summed E-state index contributed by atoms with van der Waals surface area (Å²) in [4.78, 5) is 12.6. The molecule has 2 aliphatic heterocycles. The second kappa shape index (κ2) is 8.95. The molecule has 1 aromatic carbocycles. The van der Waals surface area contributed by atoms with Crippen LogP contribution >= 0.6 is 12.4 Å². The van der Waals surface area contributed by atoms with Gasteiger partial charge in [-0.25, -0.2) is 8.42 Å². The van der Waals surface area contributed by atoms with Gasteiger partial charge in [0, 0.05) is 31.2 Å². The third-order valence-electron chi connectivity index (χ3n) is 4.34. The summed E-state index contributed by atoms with van der Waals surface area (Å²) in [7, 11) is -3.59. The quantitative estimate of drug-likeness (QED) is 0.787. The van der Waals surface area contributed by atoms with Crippen molar-refractivity contribution in [2.45, 2.75) is 23.8 Å². The minimum atomic E-state index is -3.59. The van der Waals surface area contributed by atoms with E-state index in [0.717, 1.165) is 25.9 Å². The molecule has 0 radical (unpaired) electrons. The van der Waals surface area contributed by atoms with E-state index in [2.05, 4.69) is 10.6 Å². The molecule has 25 heavy (non-hydrogen) atoms. The number of morpholine rings is 1. The number of halogens is 1. The molecule has 140 valence electrons. The van der Waals surface area contributed by atoms with Crippen molar-refractivity contribution in [2.24, 2.45) is 0 Å². The summed E-state index contributed by atoms with van der Waals surface area (Å²) in [6, 6.07) is 6.33. The zero-order valence-corrected chi connectivity index (χ0v) is 15.6. The van der Waals surface area contributed by atoms with Crippen LogP contribution in [-0.2, 0) is 14.8 Å². The van der Waals surface area contributed by atoms with Crippen molar-refractivity contribution in [3.63, 3.8) is 0 Å². The van der Waals surface area contributed by atoms with Gasteiger partial charge in [-0.2, -0.15) is 4.31 Å². The molecular weight excluding hydrogens is 366 g/mol. The van der Waals surface area contributed by atoms with Crippen LogP contribution in [0.4, 0.5) is 0 Å². The third-order valence-corrected chi connectivity index (χ3v) is 6.23. The first-order chi connectivity index (χ1) is 11.6. The maximum absolute atomic E-state index is 12.7. The van der Waals surface area contributed by atoms with Crippen LogP contribution in [-0.4, -0.2) is 64.1 Å². The number of hydrogen-bond acceptors (Lipinski definition) is 5. The summed E-state index contributed by atoms with van der Waals surface area (Å²) >= 11 is 0. The van der Waals surface area contributed by atoms with E-state index in [9.17, 15) is 13.2 Å². The highest BCUT2D eigenvalue weighted by Crippen LogP contribution is 2.18. The van der Waals surface area contributed by atoms with Crippen LogP contribution in [0.5, 0.6) is 0 Å². The Morgan fingerprint density at radius 2 is 2.04 bits per heavy atom. The molecule has 0 spiro atoms. The van der Waals surface area contributed by atoms with Crippen LogP contribution in [0.2, 0.25) is 0 Å². The number of nitrogens with one attached hydrogen (secondary N) is 2. The number of piperidine rings is 1. The van der Waals surface area contributed by atoms with E-state index in [1.54, 1.807) is 12.1 Å². The first-order valence-electron chi connectivity index (χ1n) is 8.27. The summed E-state index contributed by atoms with van der Waals surface area (Å²) in [6.45, 7) is 3.19. The van der Waals surface area contributed by atoms with E-state index < -0.39 is 10.0 Å². The van der Waals surface area contributed by atoms with Crippen LogP contribution in [0.1, 0.15) is 23.2 Å². The van der Waals surface area contributed by atoms with Crippen molar-refractivity contribution >= 4 is 28.3 Å². The summed E-state index contributed by atoms with van der Waals surface area (Å²) < 4.78 is 32.0. The van der Waals surface area contributed by atoms with Crippen LogP contribution in [0, 0.1) is 0 Å². The first-order valence-corrected chi connectivity index (χ1v) is 9.71. The molecule has 2 aliphatic rings. The lowest BCUT2D eigenvalue weighted by Gasteiger charge is -2.26. The molecule has 3 rings (SSSR count). The van der Waals surface area contributed by atoms with E-state index in [-0.39, 0.29) is 29.3 Å². The lowest BCUT2D eigenvalue weighted by molar-refractivity contribution is 0.0730. The molecule has 0 saturated carbocycles. The minimum absolute atomic E-state index is 0. The molecule has 0 aliphatic carbocycles. The molecule has 2 saturated heterocycles. The van der Waals surface area contributed by atoms with Gasteiger partial charge in [-0.1, -0.05) is 6.07 Å². The lowest BCUT2D eigenvalue weighted by atomic mass is 10.1. The first kappa shape index (κ1) is 20.1.